The van der Waals surface area contributed by atoms with E-state index in [9.17, 15) is 9.90 Å². The molecule has 0 aromatic carbocycles. The highest BCUT2D eigenvalue weighted by atomic mass is 16.3. The highest BCUT2D eigenvalue weighted by molar-refractivity contribution is 5.83. The Morgan fingerprint density at radius 2 is 2.21 bits per heavy atom. The van der Waals surface area contributed by atoms with Crippen molar-refractivity contribution in [2.45, 2.75) is 31.8 Å². The van der Waals surface area contributed by atoms with E-state index >= 15 is 0 Å². The second-order valence-electron chi connectivity index (χ2n) is 5.95. The van der Waals surface area contributed by atoms with Gasteiger partial charge in [-0.2, -0.15) is 0 Å². The van der Waals surface area contributed by atoms with E-state index in [4.69, 9.17) is 0 Å². The molecule has 2 bridgehead atoms. The Bertz CT molecular complexity index is 497. The second kappa shape index (κ2) is 4.89. The molecule has 2 aliphatic carbocycles. The number of carbonyl (C=O) groups is 1. The largest absolute Gasteiger partial charge is 0.388 e. The summed E-state index contributed by atoms with van der Waals surface area (Å²) in [6.07, 6.45) is 6.11. The Labute approximate surface area is 113 Å². The third-order valence-electron chi connectivity index (χ3n) is 4.50. The van der Waals surface area contributed by atoms with E-state index in [2.05, 4.69) is 11.6 Å². The SMILES string of the molecule is C=C1C[C@@H]2CC(=O)[C@@H]([C@H](O)c3cccnc3)[C@H](C1)C2. The number of aliphatic hydroxyl groups is 1. The fourth-order valence-corrected chi connectivity index (χ4v) is 3.76. The monoisotopic (exact) mass is 257 g/mol. The molecule has 1 aromatic heterocycles. The van der Waals surface area contributed by atoms with Crippen molar-refractivity contribution >= 4 is 5.78 Å². The van der Waals surface area contributed by atoms with Gasteiger partial charge in [-0.25, -0.2) is 0 Å². The summed E-state index contributed by atoms with van der Waals surface area (Å²) < 4.78 is 0. The van der Waals surface area contributed by atoms with Crippen molar-refractivity contribution in [2.24, 2.45) is 17.8 Å². The molecule has 4 atom stereocenters. The summed E-state index contributed by atoms with van der Waals surface area (Å²) in [6, 6.07) is 3.64. The van der Waals surface area contributed by atoms with Gasteiger partial charge in [-0.15, -0.1) is 0 Å². The predicted molar refractivity (Wildman–Crippen MR) is 72.3 cm³/mol. The average Bonchev–Trinajstić information content (AvgIpc) is 2.38. The summed E-state index contributed by atoms with van der Waals surface area (Å²) in [6.45, 7) is 4.08. The first-order valence-electron chi connectivity index (χ1n) is 6.92. The van der Waals surface area contributed by atoms with Crippen LogP contribution in [0, 0.1) is 17.8 Å². The number of carbonyl (C=O) groups excluding carboxylic acids is 1. The lowest BCUT2D eigenvalue weighted by Crippen LogP contribution is -2.39. The maximum Gasteiger partial charge on any atom is 0.139 e. The summed E-state index contributed by atoms with van der Waals surface area (Å²) in [5.41, 5.74) is 1.98. The fraction of sp³-hybridized carbons (Fsp3) is 0.500. The summed E-state index contributed by atoms with van der Waals surface area (Å²) in [5.74, 6) is 0.640. The van der Waals surface area contributed by atoms with Gasteiger partial charge in [0, 0.05) is 18.8 Å². The van der Waals surface area contributed by atoms with Crippen LogP contribution in [0.1, 0.15) is 37.4 Å². The Morgan fingerprint density at radius 1 is 1.37 bits per heavy atom. The minimum Gasteiger partial charge on any atom is -0.388 e. The van der Waals surface area contributed by atoms with Gasteiger partial charge in [0.2, 0.25) is 0 Å². The number of aliphatic hydroxyl groups excluding tert-OH is 1. The van der Waals surface area contributed by atoms with Crippen molar-refractivity contribution in [3.8, 4) is 0 Å². The Hall–Kier alpha value is -1.48. The third kappa shape index (κ3) is 2.35. The molecule has 0 saturated heterocycles. The molecule has 3 heteroatoms. The number of hydrogen-bond donors (Lipinski definition) is 1. The minimum absolute atomic E-state index is 0.213. The number of ketones is 1. The smallest absolute Gasteiger partial charge is 0.139 e. The summed E-state index contributed by atoms with van der Waals surface area (Å²) >= 11 is 0. The van der Waals surface area contributed by atoms with Crippen LogP contribution < -0.4 is 0 Å². The van der Waals surface area contributed by atoms with Gasteiger partial charge in [0.05, 0.1) is 12.0 Å². The molecule has 3 nitrogen and oxygen atoms in total. The quantitative estimate of drug-likeness (QED) is 0.829. The van der Waals surface area contributed by atoms with Crippen LogP contribution in [0.5, 0.6) is 0 Å². The van der Waals surface area contributed by atoms with Crippen LogP contribution in [-0.2, 0) is 4.79 Å². The maximum absolute atomic E-state index is 12.3. The summed E-state index contributed by atoms with van der Waals surface area (Å²) in [7, 11) is 0. The highest BCUT2D eigenvalue weighted by Crippen LogP contribution is 2.47. The number of allylic oxidation sites excluding steroid dienone is 1. The Morgan fingerprint density at radius 3 is 2.95 bits per heavy atom. The lowest BCUT2D eigenvalue weighted by Gasteiger charge is -2.41. The van der Waals surface area contributed by atoms with Crippen LogP contribution >= 0.6 is 0 Å². The molecule has 1 N–H and O–H groups in total. The lowest BCUT2D eigenvalue weighted by molar-refractivity contribution is -0.134. The van der Waals surface area contributed by atoms with Crippen LogP contribution in [0.3, 0.4) is 0 Å². The summed E-state index contributed by atoms with van der Waals surface area (Å²) in [4.78, 5) is 16.4. The van der Waals surface area contributed by atoms with E-state index in [0.717, 1.165) is 24.8 Å². The Kier molecular flexibility index (Phi) is 3.23. The first-order valence-corrected chi connectivity index (χ1v) is 6.92. The molecule has 1 heterocycles. The molecule has 2 aliphatic rings. The van der Waals surface area contributed by atoms with Gasteiger partial charge in [0.1, 0.15) is 5.78 Å². The number of fused-ring (bicyclic) bond motifs is 2. The molecule has 2 saturated carbocycles. The number of hydrogen-bond acceptors (Lipinski definition) is 3. The molecule has 0 unspecified atom stereocenters. The van der Waals surface area contributed by atoms with E-state index in [1.165, 1.54) is 5.57 Å². The van der Waals surface area contributed by atoms with Crippen LogP contribution in [0.15, 0.2) is 36.7 Å². The van der Waals surface area contributed by atoms with Crippen molar-refractivity contribution in [3.63, 3.8) is 0 Å². The van der Waals surface area contributed by atoms with Crippen molar-refractivity contribution in [3.05, 3.63) is 42.2 Å². The average molecular weight is 257 g/mol. The van der Waals surface area contributed by atoms with Crippen LogP contribution in [0.4, 0.5) is 0 Å². The van der Waals surface area contributed by atoms with Gasteiger partial charge in [-0.05, 0) is 42.7 Å². The lowest BCUT2D eigenvalue weighted by atomic mass is 9.63. The van der Waals surface area contributed by atoms with Gasteiger partial charge in [-0.3, -0.25) is 9.78 Å². The van der Waals surface area contributed by atoms with E-state index in [-0.39, 0.29) is 17.6 Å². The number of rotatable bonds is 2. The molecule has 0 spiro atoms. The molecule has 0 amide bonds. The predicted octanol–water partition coefficient (Wildman–Crippen LogP) is 2.68. The number of pyridine rings is 1. The number of nitrogens with zero attached hydrogens (tertiary/aromatic N) is 1. The van der Waals surface area contributed by atoms with E-state index in [0.29, 0.717) is 12.3 Å². The summed E-state index contributed by atoms with van der Waals surface area (Å²) in [5, 5.41) is 10.5. The maximum atomic E-state index is 12.3. The first kappa shape index (κ1) is 12.5. The van der Waals surface area contributed by atoms with Crippen LogP contribution in [0.25, 0.3) is 0 Å². The zero-order chi connectivity index (χ0) is 13.4. The third-order valence-corrected chi connectivity index (χ3v) is 4.50. The molecule has 2 fully saturated rings. The molecular formula is C16H19NO2. The molecule has 0 aliphatic heterocycles. The standard InChI is InChI=1S/C16H19NO2/c1-10-5-11-7-13(6-10)15(14(18)8-11)16(19)12-3-2-4-17-9-12/h2-4,9,11,13,15-16,19H,1,5-8H2/t11-,13+,15-,16+/m0/s1. The zero-order valence-electron chi connectivity index (χ0n) is 11.0. The van der Waals surface area contributed by atoms with Crippen molar-refractivity contribution in [1.29, 1.82) is 0 Å². The van der Waals surface area contributed by atoms with Gasteiger partial charge >= 0.3 is 0 Å². The molecule has 0 radical (unpaired) electrons. The Balaban J connectivity index is 1.86. The van der Waals surface area contributed by atoms with E-state index in [1.54, 1.807) is 18.5 Å². The van der Waals surface area contributed by atoms with Crippen molar-refractivity contribution in [1.82, 2.24) is 4.98 Å². The van der Waals surface area contributed by atoms with E-state index in [1.807, 2.05) is 6.07 Å². The van der Waals surface area contributed by atoms with E-state index < -0.39 is 6.10 Å². The molecular weight excluding hydrogens is 238 g/mol. The molecule has 1 aromatic rings. The molecule has 19 heavy (non-hydrogen) atoms. The highest BCUT2D eigenvalue weighted by Gasteiger charge is 2.43. The first-order chi connectivity index (χ1) is 9.15. The molecule has 100 valence electrons. The van der Waals surface area contributed by atoms with Gasteiger partial charge in [0.15, 0.2) is 0 Å². The number of Topliss-reactive ketones (excluding diaryl/α,β-unsaturated/α-hetero) is 1. The van der Waals surface area contributed by atoms with Crippen molar-refractivity contribution < 1.29 is 9.90 Å². The fourth-order valence-electron chi connectivity index (χ4n) is 3.76. The van der Waals surface area contributed by atoms with Crippen molar-refractivity contribution in [2.75, 3.05) is 0 Å². The topological polar surface area (TPSA) is 50.2 Å². The second-order valence-corrected chi connectivity index (χ2v) is 5.95. The molecule has 3 rings (SSSR count). The van der Waals surface area contributed by atoms with Crippen LogP contribution in [0.2, 0.25) is 0 Å². The van der Waals surface area contributed by atoms with Gasteiger partial charge < -0.3 is 5.11 Å². The normalized spacial score (nSPS) is 32.2. The van der Waals surface area contributed by atoms with Gasteiger partial charge in [0.25, 0.3) is 0 Å². The number of aromatic nitrogens is 1. The van der Waals surface area contributed by atoms with Gasteiger partial charge in [-0.1, -0.05) is 18.2 Å². The van der Waals surface area contributed by atoms with Crippen LogP contribution in [-0.4, -0.2) is 15.9 Å². The minimum atomic E-state index is -0.724. The zero-order valence-corrected chi connectivity index (χ0v) is 11.0.